The number of aliphatic hydroxyl groups is 1. The first-order chi connectivity index (χ1) is 15.0. The molecule has 0 amide bonds. The minimum Gasteiger partial charge on any atom is -0.481 e. The largest absolute Gasteiger partial charge is 0.481 e. The molecule has 1 atom stereocenters. The van der Waals surface area contributed by atoms with Crippen LogP contribution < -0.4 is 9.47 Å². The van der Waals surface area contributed by atoms with Crippen LogP contribution in [0.1, 0.15) is 57.6 Å². The zero-order chi connectivity index (χ0) is 23.6. The number of benzene rings is 2. The lowest BCUT2D eigenvalue weighted by atomic mass is 9.88. The molecule has 0 radical (unpaired) electrons. The van der Waals surface area contributed by atoms with E-state index in [2.05, 4.69) is 0 Å². The van der Waals surface area contributed by atoms with Crippen molar-refractivity contribution in [1.29, 1.82) is 0 Å². The predicted octanol–water partition coefficient (Wildman–Crippen LogP) is 4.93. The molecule has 1 unspecified atom stereocenters. The number of fused-ring (bicyclic) bond motifs is 1. The highest BCUT2D eigenvalue weighted by atomic mass is 19.1. The first-order valence-electron chi connectivity index (χ1n) is 10.4. The summed E-state index contributed by atoms with van der Waals surface area (Å²) < 4.78 is 25.6. The smallest absolute Gasteiger partial charge is 0.310 e. The van der Waals surface area contributed by atoms with Crippen molar-refractivity contribution in [3.05, 3.63) is 53.4 Å². The van der Waals surface area contributed by atoms with Crippen molar-refractivity contribution in [3.63, 3.8) is 0 Å². The number of Topliss-reactive ketones (excluding diaryl/α,β-unsaturated/α-hetero) is 1. The zero-order valence-corrected chi connectivity index (χ0v) is 18.5. The van der Waals surface area contributed by atoms with E-state index < -0.39 is 30.1 Å². The number of carbonyl (C=O) groups excluding carboxylic acids is 1. The van der Waals surface area contributed by atoms with Gasteiger partial charge in [-0.3, -0.25) is 9.59 Å². The van der Waals surface area contributed by atoms with Crippen molar-refractivity contribution in [3.8, 4) is 22.6 Å². The second kappa shape index (κ2) is 9.12. The average Bonchev–Trinajstić information content (AvgIpc) is 2.98. The molecule has 7 heteroatoms. The molecule has 2 aromatic rings. The van der Waals surface area contributed by atoms with E-state index >= 15 is 0 Å². The number of ether oxygens (including phenoxy) is 2. The Hall–Kier alpha value is -3.19. The molecule has 1 aliphatic rings. The summed E-state index contributed by atoms with van der Waals surface area (Å²) >= 11 is 0. The second-order valence-corrected chi connectivity index (χ2v) is 8.59. The van der Waals surface area contributed by atoms with Gasteiger partial charge in [0.2, 0.25) is 5.79 Å². The van der Waals surface area contributed by atoms with Crippen molar-refractivity contribution in [2.24, 2.45) is 0 Å². The first-order valence-corrected chi connectivity index (χ1v) is 10.4. The van der Waals surface area contributed by atoms with Crippen molar-refractivity contribution in [2.45, 2.75) is 58.3 Å². The SMILES string of the molecule is CC(C)c1cc2c(c(-c3ccc(F)cc3)c1/C=C/C(O)CC(=O)CC(=O)O)OC(C)(C)O2. The highest BCUT2D eigenvalue weighted by Gasteiger charge is 2.36. The molecule has 0 saturated carbocycles. The van der Waals surface area contributed by atoms with Gasteiger partial charge in [0.1, 0.15) is 18.0 Å². The van der Waals surface area contributed by atoms with E-state index in [0.29, 0.717) is 22.6 Å². The fourth-order valence-electron chi connectivity index (χ4n) is 3.69. The minimum atomic E-state index is -1.23. The third-order valence-corrected chi connectivity index (χ3v) is 5.05. The molecule has 0 fully saturated rings. The summed E-state index contributed by atoms with van der Waals surface area (Å²) in [7, 11) is 0. The maximum atomic E-state index is 13.6. The van der Waals surface area contributed by atoms with Crippen molar-refractivity contribution < 1.29 is 33.7 Å². The molecule has 2 N–H and O–H groups in total. The van der Waals surface area contributed by atoms with E-state index in [9.17, 15) is 19.1 Å². The Morgan fingerprint density at radius 2 is 1.81 bits per heavy atom. The number of aliphatic carboxylic acids is 1. The van der Waals surface area contributed by atoms with Crippen LogP contribution in [0.2, 0.25) is 0 Å². The molecule has 0 aliphatic carbocycles. The van der Waals surface area contributed by atoms with E-state index in [1.807, 2.05) is 19.9 Å². The maximum Gasteiger partial charge on any atom is 0.310 e. The summed E-state index contributed by atoms with van der Waals surface area (Å²) in [6.45, 7) is 7.62. The number of carboxylic acids is 1. The molecule has 1 heterocycles. The number of carboxylic acid groups (broad SMARTS) is 1. The summed E-state index contributed by atoms with van der Waals surface area (Å²) in [5.41, 5.74) is 3.07. The van der Waals surface area contributed by atoms with Crippen molar-refractivity contribution in [1.82, 2.24) is 0 Å². The molecule has 0 aromatic heterocycles. The summed E-state index contributed by atoms with van der Waals surface area (Å²) in [4.78, 5) is 22.5. The molecular formula is C25H27FO6. The van der Waals surface area contributed by atoms with Gasteiger partial charge in [0, 0.05) is 25.8 Å². The fourth-order valence-corrected chi connectivity index (χ4v) is 3.69. The van der Waals surface area contributed by atoms with Crippen LogP contribution in [0.4, 0.5) is 4.39 Å². The number of ketones is 1. The summed E-state index contributed by atoms with van der Waals surface area (Å²) in [6, 6.07) is 7.90. The van der Waals surface area contributed by atoms with E-state index in [4.69, 9.17) is 14.6 Å². The van der Waals surface area contributed by atoms with Gasteiger partial charge in [0.05, 0.1) is 6.10 Å². The van der Waals surface area contributed by atoms with Gasteiger partial charge in [-0.1, -0.05) is 38.1 Å². The topological polar surface area (TPSA) is 93.1 Å². The number of aliphatic hydroxyl groups excluding tert-OH is 1. The molecule has 0 saturated heterocycles. The number of rotatable bonds is 8. The van der Waals surface area contributed by atoms with Crippen LogP contribution in [0.15, 0.2) is 36.4 Å². The Bertz CT molecular complexity index is 1050. The van der Waals surface area contributed by atoms with E-state index in [-0.39, 0.29) is 18.2 Å². The average molecular weight is 442 g/mol. The molecule has 1 aliphatic heterocycles. The molecule has 170 valence electrons. The first kappa shape index (κ1) is 23.5. The zero-order valence-electron chi connectivity index (χ0n) is 18.5. The van der Waals surface area contributed by atoms with E-state index in [1.54, 1.807) is 32.1 Å². The quantitative estimate of drug-likeness (QED) is 0.563. The van der Waals surface area contributed by atoms with Gasteiger partial charge in [-0.15, -0.1) is 0 Å². The normalized spacial score (nSPS) is 15.3. The van der Waals surface area contributed by atoms with Gasteiger partial charge < -0.3 is 19.7 Å². The summed E-state index contributed by atoms with van der Waals surface area (Å²) in [5, 5.41) is 19.0. The third kappa shape index (κ3) is 5.34. The highest BCUT2D eigenvalue weighted by molar-refractivity contribution is 5.95. The number of hydrogen-bond donors (Lipinski definition) is 2. The Labute approximate surface area is 186 Å². The number of halogens is 1. The Morgan fingerprint density at radius 1 is 1.16 bits per heavy atom. The Kier molecular flexibility index (Phi) is 6.69. The molecule has 32 heavy (non-hydrogen) atoms. The number of carbonyl (C=O) groups is 2. The lowest BCUT2D eigenvalue weighted by molar-refractivity contribution is -0.140. The molecule has 6 nitrogen and oxygen atoms in total. The lowest BCUT2D eigenvalue weighted by Gasteiger charge is -2.19. The van der Waals surface area contributed by atoms with Crippen LogP contribution in [0, 0.1) is 5.82 Å². The van der Waals surface area contributed by atoms with Gasteiger partial charge >= 0.3 is 5.97 Å². The van der Waals surface area contributed by atoms with Crippen LogP contribution in [0.3, 0.4) is 0 Å². The molecule has 0 spiro atoms. The standard InChI is InChI=1S/C25H27FO6/c1-14(2)20-13-21-24(32-25(3,4)31-21)23(15-5-7-16(26)8-6-15)19(20)10-9-17(27)11-18(28)12-22(29)30/h5-10,13-14,17,27H,11-12H2,1-4H3,(H,29,30)/b10-9+. The van der Waals surface area contributed by atoms with Gasteiger partial charge in [0.25, 0.3) is 0 Å². The summed E-state index contributed by atoms with van der Waals surface area (Å²) in [6.07, 6.45) is 1.07. The van der Waals surface area contributed by atoms with Crippen LogP contribution in [-0.4, -0.2) is 33.9 Å². The van der Waals surface area contributed by atoms with E-state index in [0.717, 1.165) is 11.1 Å². The lowest BCUT2D eigenvalue weighted by Crippen LogP contribution is -2.29. The maximum absolute atomic E-state index is 13.6. The third-order valence-electron chi connectivity index (χ3n) is 5.05. The molecule has 2 aromatic carbocycles. The molecule has 0 bridgehead atoms. The molecular weight excluding hydrogens is 415 g/mol. The predicted molar refractivity (Wildman–Crippen MR) is 118 cm³/mol. The Balaban J connectivity index is 2.10. The minimum absolute atomic E-state index is 0.0808. The summed E-state index contributed by atoms with van der Waals surface area (Å²) in [5.74, 6) is -1.87. The van der Waals surface area contributed by atoms with Crippen molar-refractivity contribution >= 4 is 17.8 Å². The Morgan fingerprint density at radius 3 is 2.41 bits per heavy atom. The second-order valence-electron chi connectivity index (χ2n) is 8.59. The van der Waals surface area contributed by atoms with Gasteiger partial charge in [-0.2, -0.15) is 0 Å². The van der Waals surface area contributed by atoms with Crippen LogP contribution >= 0.6 is 0 Å². The fraction of sp³-hybridized carbons (Fsp3) is 0.360. The molecule has 3 rings (SSSR count). The monoisotopic (exact) mass is 442 g/mol. The van der Waals surface area contributed by atoms with Gasteiger partial charge in [0.15, 0.2) is 11.5 Å². The van der Waals surface area contributed by atoms with Crippen LogP contribution in [0.5, 0.6) is 11.5 Å². The van der Waals surface area contributed by atoms with Crippen LogP contribution in [0.25, 0.3) is 17.2 Å². The van der Waals surface area contributed by atoms with Crippen LogP contribution in [-0.2, 0) is 9.59 Å². The number of hydrogen-bond acceptors (Lipinski definition) is 5. The van der Waals surface area contributed by atoms with E-state index in [1.165, 1.54) is 18.2 Å². The van der Waals surface area contributed by atoms with Crippen molar-refractivity contribution in [2.75, 3.05) is 0 Å². The highest BCUT2D eigenvalue weighted by Crippen LogP contribution is 2.50. The van der Waals surface area contributed by atoms with Gasteiger partial charge in [-0.05, 0) is 40.8 Å². The van der Waals surface area contributed by atoms with Gasteiger partial charge in [-0.25, -0.2) is 4.39 Å².